The van der Waals surface area contributed by atoms with Gasteiger partial charge in [-0.15, -0.1) is 0 Å². The van der Waals surface area contributed by atoms with Crippen LogP contribution in [0, 0.1) is 0 Å². The summed E-state index contributed by atoms with van der Waals surface area (Å²) in [5.74, 6) is 0.0614. The number of ketones is 1. The van der Waals surface area contributed by atoms with Gasteiger partial charge in [-0.05, 0) is 17.2 Å². The molecule has 0 amide bonds. The largest absolute Gasteiger partial charge is 0.372 e. The Hall–Kier alpha value is -2.19. The Kier molecular flexibility index (Phi) is 3.02. The Morgan fingerprint density at radius 3 is 2.42 bits per heavy atom. The maximum absolute atomic E-state index is 12.4. The van der Waals surface area contributed by atoms with Crippen molar-refractivity contribution in [1.29, 1.82) is 0 Å². The van der Waals surface area contributed by atoms with Crippen molar-refractivity contribution in [3.8, 4) is 0 Å². The van der Waals surface area contributed by atoms with Crippen LogP contribution < -0.4 is 0 Å². The Bertz CT molecular complexity index is 641. The molecule has 1 atom stereocenters. The van der Waals surface area contributed by atoms with Gasteiger partial charge in [0.1, 0.15) is 6.10 Å². The Morgan fingerprint density at radius 1 is 1.00 bits per heavy atom. The van der Waals surface area contributed by atoms with Crippen molar-refractivity contribution in [1.82, 2.24) is 0 Å². The van der Waals surface area contributed by atoms with Crippen LogP contribution in [0.2, 0.25) is 0 Å². The third-order valence-electron chi connectivity index (χ3n) is 3.39. The highest BCUT2D eigenvalue weighted by Gasteiger charge is 2.34. The van der Waals surface area contributed by atoms with E-state index in [2.05, 4.69) is 0 Å². The van der Waals surface area contributed by atoms with Crippen molar-refractivity contribution in [2.45, 2.75) is 6.10 Å². The fourth-order valence-corrected chi connectivity index (χ4v) is 2.50. The second-order valence-electron chi connectivity index (χ2n) is 4.54. The van der Waals surface area contributed by atoms with Gasteiger partial charge in [0.2, 0.25) is 0 Å². The molecular formula is C17H14O2. The maximum atomic E-state index is 12.4. The van der Waals surface area contributed by atoms with Crippen LogP contribution in [-0.2, 0) is 4.74 Å². The summed E-state index contributed by atoms with van der Waals surface area (Å²) in [4.78, 5) is 12.4. The van der Waals surface area contributed by atoms with Gasteiger partial charge in [0.25, 0.3) is 0 Å². The first kappa shape index (κ1) is 11.9. The van der Waals surface area contributed by atoms with Gasteiger partial charge in [-0.1, -0.05) is 54.6 Å². The molecule has 2 aromatic rings. The van der Waals surface area contributed by atoms with Crippen molar-refractivity contribution < 1.29 is 9.53 Å². The summed E-state index contributed by atoms with van der Waals surface area (Å²) < 4.78 is 5.50. The molecule has 0 heterocycles. The molecule has 3 rings (SSSR count). The Balaban J connectivity index is 2.09. The van der Waals surface area contributed by atoms with Crippen LogP contribution in [0.4, 0.5) is 0 Å². The van der Waals surface area contributed by atoms with Crippen LogP contribution in [0.25, 0.3) is 6.08 Å². The quantitative estimate of drug-likeness (QED) is 0.760. The number of hydrogen-bond donors (Lipinski definition) is 0. The zero-order valence-electron chi connectivity index (χ0n) is 10.7. The molecule has 0 bridgehead atoms. The summed E-state index contributed by atoms with van der Waals surface area (Å²) in [5.41, 5.74) is 3.42. The van der Waals surface area contributed by atoms with Crippen molar-refractivity contribution in [3.05, 3.63) is 76.9 Å². The highest BCUT2D eigenvalue weighted by atomic mass is 16.5. The Morgan fingerprint density at radius 2 is 1.68 bits per heavy atom. The summed E-state index contributed by atoms with van der Waals surface area (Å²) in [7, 11) is 1.64. The van der Waals surface area contributed by atoms with Gasteiger partial charge < -0.3 is 4.74 Å². The third-order valence-corrected chi connectivity index (χ3v) is 3.39. The lowest BCUT2D eigenvalue weighted by atomic mass is 10.1. The zero-order chi connectivity index (χ0) is 13.2. The molecule has 1 aliphatic carbocycles. The summed E-state index contributed by atoms with van der Waals surface area (Å²) in [6.07, 6.45) is 1.65. The van der Waals surface area contributed by atoms with Crippen LogP contribution in [0.3, 0.4) is 0 Å². The number of Topliss-reactive ketones (excluding diaryl/α,β-unsaturated/α-hetero) is 1. The SMILES string of the molecule is COC1/C(=C/c2ccccc2)C(=O)c2ccccc21. The molecule has 0 aliphatic heterocycles. The third kappa shape index (κ3) is 2.00. The van der Waals surface area contributed by atoms with E-state index in [1.165, 1.54) is 0 Å². The van der Waals surface area contributed by atoms with Gasteiger partial charge in [-0.25, -0.2) is 0 Å². The predicted molar refractivity (Wildman–Crippen MR) is 74.9 cm³/mol. The van der Waals surface area contributed by atoms with Gasteiger partial charge in [-0.2, -0.15) is 0 Å². The van der Waals surface area contributed by atoms with Gasteiger partial charge in [-0.3, -0.25) is 4.79 Å². The van der Waals surface area contributed by atoms with Gasteiger partial charge in [0.05, 0.1) is 0 Å². The number of hydrogen-bond acceptors (Lipinski definition) is 2. The molecule has 1 unspecified atom stereocenters. The second kappa shape index (κ2) is 4.82. The van der Waals surface area contributed by atoms with E-state index in [1.807, 2.05) is 60.7 Å². The van der Waals surface area contributed by atoms with E-state index < -0.39 is 0 Å². The molecule has 94 valence electrons. The average Bonchev–Trinajstić information content (AvgIpc) is 2.73. The minimum atomic E-state index is -0.260. The second-order valence-corrected chi connectivity index (χ2v) is 4.54. The molecule has 2 heteroatoms. The molecule has 2 nitrogen and oxygen atoms in total. The van der Waals surface area contributed by atoms with Crippen LogP contribution in [-0.4, -0.2) is 12.9 Å². The molecule has 1 aliphatic rings. The van der Waals surface area contributed by atoms with E-state index in [0.29, 0.717) is 5.57 Å². The van der Waals surface area contributed by atoms with E-state index in [-0.39, 0.29) is 11.9 Å². The monoisotopic (exact) mass is 250 g/mol. The summed E-state index contributed by atoms with van der Waals surface area (Å²) >= 11 is 0. The lowest BCUT2D eigenvalue weighted by Gasteiger charge is -2.10. The molecule has 0 saturated heterocycles. The lowest BCUT2D eigenvalue weighted by Crippen LogP contribution is -2.02. The Labute approximate surface area is 112 Å². The highest BCUT2D eigenvalue weighted by molar-refractivity contribution is 6.16. The minimum absolute atomic E-state index is 0.0614. The van der Waals surface area contributed by atoms with Gasteiger partial charge in [0, 0.05) is 18.2 Å². The number of carbonyl (C=O) groups is 1. The van der Waals surface area contributed by atoms with Crippen molar-refractivity contribution in [2.75, 3.05) is 7.11 Å². The number of ether oxygens (including phenoxy) is 1. The first-order valence-electron chi connectivity index (χ1n) is 6.24. The normalized spacial score (nSPS) is 19.7. The molecule has 0 N–H and O–H groups in total. The number of rotatable bonds is 2. The fraction of sp³-hybridized carbons (Fsp3) is 0.118. The molecule has 0 aromatic heterocycles. The zero-order valence-corrected chi connectivity index (χ0v) is 10.7. The maximum Gasteiger partial charge on any atom is 0.192 e. The van der Waals surface area contributed by atoms with Crippen LogP contribution in [0.1, 0.15) is 27.6 Å². The first-order chi connectivity index (χ1) is 9.31. The molecule has 0 saturated carbocycles. The summed E-state index contributed by atoms with van der Waals surface area (Å²) in [6, 6.07) is 17.5. The van der Waals surface area contributed by atoms with Crippen LogP contribution in [0.5, 0.6) is 0 Å². The summed E-state index contributed by atoms with van der Waals surface area (Å²) in [6.45, 7) is 0. The molecule has 0 radical (unpaired) electrons. The van der Waals surface area contributed by atoms with E-state index in [4.69, 9.17) is 4.74 Å². The van der Waals surface area contributed by atoms with E-state index in [1.54, 1.807) is 7.11 Å². The smallest absolute Gasteiger partial charge is 0.192 e. The number of fused-ring (bicyclic) bond motifs is 1. The van der Waals surface area contributed by atoms with E-state index in [9.17, 15) is 4.79 Å². The fourth-order valence-electron chi connectivity index (χ4n) is 2.50. The van der Waals surface area contributed by atoms with E-state index >= 15 is 0 Å². The van der Waals surface area contributed by atoms with Gasteiger partial charge >= 0.3 is 0 Å². The van der Waals surface area contributed by atoms with Crippen LogP contribution >= 0.6 is 0 Å². The number of methoxy groups -OCH3 is 1. The first-order valence-corrected chi connectivity index (χ1v) is 6.24. The van der Waals surface area contributed by atoms with Gasteiger partial charge in [0.15, 0.2) is 5.78 Å². The van der Waals surface area contributed by atoms with Crippen molar-refractivity contribution >= 4 is 11.9 Å². The number of benzene rings is 2. The molecule has 19 heavy (non-hydrogen) atoms. The molecule has 0 spiro atoms. The number of carbonyl (C=O) groups excluding carboxylic acids is 1. The van der Waals surface area contributed by atoms with Crippen molar-refractivity contribution in [3.63, 3.8) is 0 Å². The van der Waals surface area contributed by atoms with Crippen LogP contribution in [0.15, 0.2) is 60.2 Å². The highest BCUT2D eigenvalue weighted by Crippen LogP contribution is 2.38. The topological polar surface area (TPSA) is 26.3 Å². The average molecular weight is 250 g/mol. The summed E-state index contributed by atoms with van der Waals surface area (Å²) in [5, 5.41) is 0. The molecule has 2 aromatic carbocycles. The van der Waals surface area contributed by atoms with Crippen molar-refractivity contribution in [2.24, 2.45) is 0 Å². The minimum Gasteiger partial charge on any atom is -0.372 e. The molecule has 0 fully saturated rings. The standard InChI is InChI=1S/C17H14O2/c1-19-17-14-10-6-5-9-13(14)16(18)15(17)11-12-7-3-2-4-8-12/h2-11,17H,1H3/b15-11+. The molecular weight excluding hydrogens is 236 g/mol. The predicted octanol–water partition coefficient (Wildman–Crippen LogP) is 3.65. The van der Waals surface area contributed by atoms with E-state index in [0.717, 1.165) is 16.7 Å². The lowest BCUT2D eigenvalue weighted by molar-refractivity contribution is 0.0981.